The minimum absolute atomic E-state index is 0.00176. The van der Waals surface area contributed by atoms with Crippen molar-refractivity contribution in [3.05, 3.63) is 85.9 Å². The van der Waals surface area contributed by atoms with E-state index >= 15 is 0 Å². The van der Waals surface area contributed by atoms with Crippen LogP contribution in [-0.2, 0) is 20.7 Å². The van der Waals surface area contributed by atoms with Crippen LogP contribution in [0, 0.1) is 0 Å². The van der Waals surface area contributed by atoms with Crippen LogP contribution in [0.25, 0.3) is 11.3 Å². The van der Waals surface area contributed by atoms with Gasteiger partial charge in [0.25, 0.3) is 0 Å². The maximum Gasteiger partial charge on any atom is 0.352 e. The molecule has 3 heterocycles. The number of methoxy groups -OCH3 is 4. The summed E-state index contributed by atoms with van der Waals surface area (Å²) in [5.74, 6) is 0.308. The first-order valence-electron chi connectivity index (χ1n) is 13.4. The zero-order valence-electron chi connectivity index (χ0n) is 23.8. The van der Waals surface area contributed by atoms with E-state index in [0.29, 0.717) is 52.5 Å². The molecule has 1 aromatic heterocycles. The molecular weight excluding hydrogens is 544 g/mol. The average Bonchev–Trinajstić information content (AvgIpc) is 3.10. The van der Waals surface area contributed by atoms with Gasteiger partial charge in [-0.15, -0.1) is 0 Å². The Bertz CT molecular complexity index is 1810. The largest absolute Gasteiger partial charge is 0.493 e. The minimum Gasteiger partial charge on any atom is -0.493 e. The maximum absolute atomic E-state index is 14.2. The summed E-state index contributed by atoms with van der Waals surface area (Å²) in [6, 6.07) is 7.46. The van der Waals surface area contributed by atoms with Crippen LogP contribution in [0.1, 0.15) is 36.6 Å². The number of rotatable bonds is 6. The predicted molar refractivity (Wildman–Crippen MR) is 151 cm³/mol. The lowest BCUT2D eigenvalue weighted by Crippen LogP contribution is -2.46. The van der Waals surface area contributed by atoms with Crippen molar-refractivity contribution in [2.75, 3.05) is 28.4 Å². The monoisotopic (exact) mass is 574 g/mol. The highest BCUT2D eigenvalue weighted by atomic mass is 16.5. The zero-order valence-corrected chi connectivity index (χ0v) is 23.8. The standard InChI is InChI=1S/C30H30N4O8/c1-15(35)31-18-12-11-16-13-21(40-3)27(41-4)28(42-5)22(16)24-19-14-20(39-2)26(36)25(23(18)24)34-30(38)32(29(37)33(19)34)17-9-7-6-8-10-17/h6-10,13-14,18-19,25H,11-12H2,1-5H3,(H,31,35)/t18-,19-,25-/m0/s1. The van der Waals surface area contributed by atoms with Crippen LogP contribution in [-0.4, -0.2) is 60.1 Å². The molecule has 0 fully saturated rings. The Hall–Kier alpha value is -5.00. The molecule has 4 aliphatic rings. The molecule has 2 aliphatic heterocycles. The van der Waals surface area contributed by atoms with E-state index in [-0.39, 0.29) is 11.7 Å². The summed E-state index contributed by atoms with van der Waals surface area (Å²) in [7, 11) is 5.88. The van der Waals surface area contributed by atoms with Crippen molar-refractivity contribution in [3.63, 3.8) is 0 Å². The summed E-state index contributed by atoms with van der Waals surface area (Å²) in [6.45, 7) is 1.40. The number of hydrogen-bond donors (Lipinski definition) is 1. The second-order valence-electron chi connectivity index (χ2n) is 10.2. The van der Waals surface area contributed by atoms with E-state index in [2.05, 4.69) is 5.32 Å². The fraction of sp³-hybridized carbons (Fsp3) is 0.333. The first-order valence-corrected chi connectivity index (χ1v) is 13.4. The van der Waals surface area contributed by atoms with Gasteiger partial charge >= 0.3 is 11.4 Å². The van der Waals surface area contributed by atoms with Gasteiger partial charge in [-0.2, -0.15) is 0 Å². The van der Waals surface area contributed by atoms with E-state index in [9.17, 15) is 19.2 Å². The molecule has 42 heavy (non-hydrogen) atoms. The van der Waals surface area contributed by atoms with E-state index in [1.807, 2.05) is 6.07 Å². The third-order valence-corrected chi connectivity index (χ3v) is 8.09. The van der Waals surface area contributed by atoms with Crippen LogP contribution in [0.15, 0.2) is 63.4 Å². The molecule has 3 aromatic rings. The SMILES string of the molecule is COC1=C[C@H]2C3=C([C@@H](C1=O)n1c(=O)n(-c4ccccc4)c(=O)n12)[C@@H](NC(C)=O)CCc1cc(OC)c(OC)c(OC)c13. The molecule has 2 bridgehead atoms. The lowest BCUT2D eigenvalue weighted by Gasteiger charge is -2.35. The number of carbonyl (C=O) groups excluding carboxylic acids is 2. The fourth-order valence-corrected chi connectivity index (χ4v) is 6.48. The number of nitrogens with zero attached hydrogens (tertiary/aromatic N) is 3. The van der Waals surface area contributed by atoms with Gasteiger partial charge in [0, 0.05) is 12.5 Å². The molecule has 1 amide bonds. The van der Waals surface area contributed by atoms with Gasteiger partial charge in [-0.1, -0.05) is 18.2 Å². The van der Waals surface area contributed by atoms with Crippen molar-refractivity contribution in [2.45, 2.75) is 37.9 Å². The lowest BCUT2D eigenvalue weighted by atomic mass is 9.84. The number of benzene rings is 2. The van der Waals surface area contributed by atoms with Gasteiger partial charge in [0.05, 0.1) is 40.2 Å². The molecule has 0 saturated carbocycles. The number of aryl methyl sites for hydroxylation is 1. The molecule has 0 unspecified atom stereocenters. The molecule has 12 heteroatoms. The highest BCUT2D eigenvalue weighted by Gasteiger charge is 2.50. The minimum atomic E-state index is -1.28. The van der Waals surface area contributed by atoms with Crippen molar-refractivity contribution < 1.29 is 28.5 Å². The summed E-state index contributed by atoms with van der Waals surface area (Å²) in [5, 5.41) is 2.99. The first-order chi connectivity index (χ1) is 20.3. The molecule has 0 saturated heterocycles. The van der Waals surface area contributed by atoms with E-state index < -0.39 is 35.3 Å². The van der Waals surface area contributed by atoms with Crippen LogP contribution >= 0.6 is 0 Å². The van der Waals surface area contributed by atoms with Crippen LogP contribution < -0.4 is 30.9 Å². The van der Waals surface area contributed by atoms with Crippen molar-refractivity contribution in [2.24, 2.45) is 0 Å². The highest BCUT2D eigenvalue weighted by molar-refractivity contribution is 6.03. The van der Waals surface area contributed by atoms with Gasteiger partial charge in [0.1, 0.15) is 12.1 Å². The van der Waals surface area contributed by atoms with Gasteiger partial charge in [0.15, 0.2) is 17.3 Å². The number of para-hydroxylation sites is 1. The summed E-state index contributed by atoms with van der Waals surface area (Å²) < 4.78 is 26.3. The molecule has 3 atom stereocenters. The number of Topliss-reactive ketones (excluding diaryl/α,β-unsaturated/α-hetero) is 1. The number of ketones is 1. The summed E-state index contributed by atoms with van der Waals surface area (Å²) in [6.07, 6.45) is 2.42. The number of nitrogens with one attached hydrogen (secondary N) is 1. The van der Waals surface area contributed by atoms with E-state index in [1.54, 1.807) is 36.4 Å². The second kappa shape index (κ2) is 10.1. The molecule has 2 aromatic carbocycles. The van der Waals surface area contributed by atoms with Crippen molar-refractivity contribution in [1.29, 1.82) is 0 Å². The number of ether oxygens (including phenoxy) is 4. The molecule has 1 N–H and O–H groups in total. The molecule has 0 radical (unpaired) electrons. The molecular formula is C30H30N4O8. The molecule has 2 aliphatic carbocycles. The summed E-state index contributed by atoms with van der Waals surface area (Å²) in [4.78, 5) is 54.9. The summed E-state index contributed by atoms with van der Waals surface area (Å²) >= 11 is 0. The van der Waals surface area contributed by atoms with Crippen LogP contribution in [0.4, 0.5) is 0 Å². The Morgan fingerprint density at radius 2 is 1.60 bits per heavy atom. The smallest absolute Gasteiger partial charge is 0.352 e. The normalized spacial score (nSPS) is 20.5. The average molecular weight is 575 g/mol. The van der Waals surface area contributed by atoms with E-state index in [0.717, 1.165) is 10.1 Å². The Labute approximate surface area is 240 Å². The number of aromatic nitrogens is 3. The Kier molecular flexibility index (Phi) is 6.55. The Balaban J connectivity index is 1.77. The Morgan fingerprint density at radius 1 is 0.905 bits per heavy atom. The van der Waals surface area contributed by atoms with Gasteiger partial charge in [-0.25, -0.2) is 23.5 Å². The zero-order chi connectivity index (χ0) is 29.9. The van der Waals surface area contributed by atoms with Gasteiger partial charge in [-0.05, 0) is 53.8 Å². The van der Waals surface area contributed by atoms with Gasteiger partial charge < -0.3 is 24.3 Å². The maximum atomic E-state index is 14.2. The summed E-state index contributed by atoms with van der Waals surface area (Å²) in [5.41, 5.74) is 1.50. The van der Waals surface area contributed by atoms with Crippen molar-refractivity contribution >= 4 is 17.3 Å². The second-order valence-corrected chi connectivity index (χ2v) is 10.2. The number of allylic oxidation sites excluding steroid dienone is 3. The Morgan fingerprint density at radius 3 is 2.21 bits per heavy atom. The number of carbonyl (C=O) groups is 2. The number of fused-ring (bicyclic) bond motifs is 2. The third-order valence-electron chi connectivity index (χ3n) is 8.09. The molecule has 12 nitrogen and oxygen atoms in total. The molecule has 7 rings (SSSR count). The van der Waals surface area contributed by atoms with Gasteiger partial charge in [0.2, 0.25) is 17.4 Å². The quantitative estimate of drug-likeness (QED) is 0.473. The van der Waals surface area contributed by atoms with Gasteiger partial charge in [-0.3, -0.25) is 9.59 Å². The lowest BCUT2D eigenvalue weighted by molar-refractivity contribution is -0.122. The molecule has 0 spiro atoms. The topological polar surface area (TPSA) is 132 Å². The van der Waals surface area contributed by atoms with E-state index in [4.69, 9.17) is 18.9 Å². The van der Waals surface area contributed by atoms with Crippen molar-refractivity contribution in [1.82, 2.24) is 19.2 Å². The van der Waals surface area contributed by atoms with Crippen molar-refractivity contribution in [3.8, 4) is 22.9 Å². The molecule has 218 valence electrons. The van der Waals surface area contributed by atoms with E-state index in [1.165, 1.54) is 44.7 Å². The highest BCUT2D eigenvalue weighted by Crippen LogP contribution is 2.54. The number of hydrogen-bond acceptors (Lipinski definition) is 8. The van der Waals surface area contributed by atoms with Crippen LogP contribution in [0.3, 0.4) is 0 Å². The fourth-order valence-electron chi connectivity index (χ4n) is 6.48. The number of amides is 1. The van der Waals surface area contributed by atoms with Crippen LogP contribution in [0.5, 0.6) is 17.2 Å². The van der Waals surface area contributed by atoms with Crippen LogP contribution in [0.2, 0.25) is 0 Å². The first kappa shape index (κ1) is 27.2. The predicted octanol–water partition coefficient (Wildman–Crippen LogP) is 1.94. The third kappa shape index (κ3) is 3.74.